The second-order valence-corrected chi connectivity index (χ2v) is 7.15. The Kier molecular flexibility index (Phi) is 8.29. The zero-order chi connectivity index (χ0) is 20.5. The summed E-state index contributed by atoms with van der Waals surface area (Å²) in [4.78, 5) is 36.3. The SMILES string of the molecule is CCOc1ccc(C(=O)NCC(=O)O[C@H](C)C(=O)N[C@H]2CCCC[C@@H]2C)cc1. The Bertz CT molecular complexity index is 674. The number of nitrogens with one attached hydrogen (secondary N) is 2. The van der Waals surface area contributed by atoms with Crippen molar-refractivity contribution >= 4 is 17.8 Å². The molecule has 0 spiro atoms. The Morgan fingerprint density at radius 2 is 1.82 bits per heavy atom. The molecule has 0 bridgehead atoms. The number of hydrogen-bond acceptors (Lipinski definition) is 5. The maximum atomic E-state index is 12.2. The van der Waals surface area contributed by atoms with E-state index in [1.54, 1.807) is 24.3 Å². The maximum Gasteiger partial charge on any atom is 0.326 e. The minimum atomic E-state index is -0.899. The molecule has 1 aromatic rings. The van der Waals surface area contributed by atoms with Crippen LogP contribution in [0.4, 0.5) is 0 Å². The van der Waals surface area contributed by atoms with Gasteiger partial charge in [-0.05, 0) is 56.9 Å². The lowest BCUT2D eigenvalue weighted by Gasteiger charge is -2.30. The highest BCUT2D eigenvalue weighted by atomic mass is 16.5. The number of hydrogen-bond donors (Lipinski definition) is 2. The quantitative estimate of drug-likeness (QED) is 0.665. The van der Waals surface area contributed by atoms with E-state index in [0.717, 1.165) is 19.3 Å². The minimum Gasteiger partial charge on any atom is -0.494 e. The first kappa shape index (κ1) is 21.7. The standard InChI is InChI=1S/C21H30N2O5/c1-4-27-17-11-9-16(10-12-17)21(26)22-13-19(24)28-15(3)20(25)23-18-8-6-5-7-14(18)2/h9-12,14-15,18H,4-8,13H2,1-3H3,(H,22,26)(H,23,25)/t14-,15+,18-/m0/s1. The van der Waals surface area contributed by atoms with Gasteiger partial charge in [-0.15, -0.1) is 0 Å². The smallest absolute Gasteiger partial charge is 0.326 e. The van der Waals surface area contributed by atoms with E-state index in [2.05, 4.69) is 17.6 Å². The van der Waals surface area contributed by atoms with Crippen LogP contribution in [0.25, 0.3) is 0 Å². The average Bonchev–Trinajstić information content (AvgIpc) is 2.68. The van der Waals surface area contributed by atoms with Crippen LogP contribution >= 0.6 is 0 Å². The van der Waals surface area contributed by atoms with Gasteiger partial charge in [-0.1, -0.05) is 19.8 Å². The molecule has 1 aromatic carbocycles. The molecule has 7 nitrogen and oxygen atoms in total. The van der Waals surface area contributed by atoms with E-state index in [1.807, 2.05) is 6.92 Å². The van der Waals surface area contributed by atoms with Gasteiger partial charge >= 0.3 is 5.97 Å². The Labute approximate surface area is 166 Å². The zero-order valence-electron chi connectivity index (χ0n) is 16.8. The zero-order valence-corrected chi connectivity index (χ0v) is 16.8. The Hall–Kier alpha value is -2.57. The number of esters is 1. The van der Waals surface area contributed by atoms with Crippen molar-refractivity contribution in [3.05, 3.63) is 29.8 Å². The maximum absolute atomic E-state index is 12.2. The molecule has 1 saturated carbocycles. The highest BCUT2D eigenvalue weighted by molar-refractivity contribution is 5.96. The van der Waals surface area contributed by atoms with Crippen molar-refractivity contribution in [2.24, 2.45) is 5.92 Å². The highest BCUT2D eigenvalue weighted by Crippen LogP contribution is 2.23. The first-order chi connectivity index (χ1) is 13.4. The van der Waals surface area contributed by atoms with Crippen LogP contribution in [0.2, 0.25) is 0 Å². The summed E-state index contributed by atoms with van der Waals surface area (Å²) < 4.78 is 10.5. The van der Waals surface area contributed by atoms with Gasteiger partial charge in [0.2, 0.25) is 0 Å². The number of ether oxygens (including phenoxy) is 2. The number of carbonyl (C=O) groups is 3. The lowest BCUT2D eigenvalue weighted by molar-refractivity contribution is -0.154. The summed E-state index contributed by atoms with van der Waals surface area (Å²) in [6, 6.07) is 6.74. The molecule has 2 rings (SSSR count). The van der Waals surface area contributed by atoms with Gasteiger partial charge in [-0.3, -0.25) is 14.4 Å². The summed E-state index contributed by atoms with van der Waals surface area (Å²) in [6.45, 7) is 5.78. The van der Waals surface area contributed by atoms with Gasteiger partial charge in [0, 0.05) is 11.6 Å². The number of amides is 2. The topological polar surface area (TPSA) is 93.7 Å². The minimum absolute atomic E-state index is 0.127. The molecule has 1 aliphatic rings. The van der Waals surface area contributed by atoms with Crippen LogP contribution in [0.5, 0.6) is 5.75 Å². The van der Waals surface area contributed by atoms with Crippen molar-refractivity contribution < 1.29 is 23.9 Å². The van der Waals surface area contributed by atoms with E-state index in [-0.39, 0.29) is 18.5 Å². The molecule has 0 unspecified atom stereocenters. The Morgan fingerprint density at radius 3 is 2.46 bits per heavy atom. The predicted molar refractivity (Wildman–Crippen MR) is 105 cm³/mol. The second kappa shape index (κ2) is 10.7. The largest absolute Gasteiger partial charge is 0.494 e. The van der Waals surface area contributed by atoms with Crippen LogP contribution in [0.3, 0.4) is 0 Å². The molecule has 0 radical (unpaired) electrons. The van der Waals surface area contributed by atoms with Gasteiger partial charge in [0.1, 0.15) is 12.3 Å². The molecule has 1 aliphatic carbocycles. The third-order valence-electron chi connectivity index (χ3n) is 4.94. The van der Waals surface area contributed by atoms with Crippen molar-refractivity contribution in [2.45, 2.75) is 58.6 Å². The first-order valence-corrected chi connectivity index (χ1v) is 9.91. The summed E-state index contributed by atoms with van der Waals surface area (Å²) in [6.07, 6.45) is 3.43. The molecule has 0 heterocycles. The molecule has 2 N–H and O–H groups in total. The first-order valence-electron chi connectivity index (χ1n) is 9.91. The van der Waals surface area contributed by atoms with Gasteiger partial charge in [0.15, 0.2) is 6.10 Å². The highest BCUT2D eigenvalue weighted by Gasteiger charge is 2.26. The molecule has 7 heteroatoms. The summed E-state index contributed by atoms with van der Waals surface area (Å²) in [5, 5.41) is 5.46. The predicted octanol–water partition coefficient (Wildman–Crippen LogP) is 2.44. The Morgan fingerprint density at radius 1 is 1.14 bits per heavy atom. The van der Waals surface area contributed by atoms with E-state index in [4.69, 9.17) is 9.47 Å². The van der Waals surface area contributed by atoms with Crippen LogP contribution in [0.15, 0.2) is 24.3 Å². The van der Waals surface area contributed by atoms with Crippen molar-refractivity contribution in [3.63, 3.8) is 0 Å². The van der Waals surface area contributed by atoms with E-state index >= 15 is 0 Å². The van der Waals surface area contributed by atoms with Gasteiger partial charge in [0.05, 0.1) is 6.61 Å². The molecule has 0 saturated heterocycles. The molecule has 3 atom stereocenters. The van der Waals surface area contributed by atoms with Gasteiger partial charge in [-0.2, -0.15) is 0 Å². The van der Waals surface area contributed by atoms with E-state index in [0.29, 0.717) is 23.8 Å². The van der Waals surface area contributed by atoms with E-state index in [9.17, 15) is 14.4 Å². The molecule has 0 aliphatic heterocycles. The third-order valence-corrected chi connectivity index (χ3v) is 4.94. The summed E-state index contributed by atoms with van der Waals surface area (Å²) in [5.41, 5.74) is 0.410. The molecule has 28 heavy (non-hydrogen) atoms. The van der Waals surface area contributed by atoms with Gasteiger partial charge < -0.3 is 20.1 Å². The van der Waals surface area contributed by atoms with E-state index < -0.39 is 18.0 Å². The van der Waals surface area contributed by atoms with Crippen molar-refractivity contribution in [2.75, 3.05) is 13.2 Å². The molecule has 154 valence electrons. The summed E-state index contributed by atoms with van der Waals surface area (Å²) in [7, 11) is 0. The van der Waals surface area contributed by atoms with Crippen molar-refractivity contribution in [3.8, 4) is 5.75 Å². The van der Waals surface area contributed by atoms with Gasteiger partial charge in [0.25, 0.3) is 11.8 Å². The summed E-state index contributed by atoms with van der Waals surface area (Å²) in [5.74, 6) is -0.253. The van der Waals surface area contributed by atoms with Crippen LogP contribution in [0, 0.1) is 5.92 Å². The summed E-state index contributed by atoms with van der Waals surface area (Å²) >= 11 is 0. The molecular formula is C21H30N2O5. The monoisotopic (exact) mass is 390 g/mol. The van der Waals surface area contributed by atoms with Crippen molar-refractivity contribution in [1.29, 1.82) is 0 Å². The van der Waals surface area contributed by atoms with Crippen molar-refractivity contribution in [1.82, 2.24) is 10.6 Å². The fraction of sp³-hybridized carbons (Fsp3) is 0.571. The number of rotatable bonds is 8. The number of benzene rings is 1. The van der Waals surface area contributed by atoms with E-state index in [1.165, 1.54) is 13.3 Å². The van der Waals surface area contributed by atoms with Crippen LogP contribution in [-0.2, 0) is 14.3 Å². The fourth-order valence-electron chi connectivity index (χ4n) is 3.25. The normalized spacial score (nSPS) is 20.0. The van der Waals surface area contributed by atoms with Crippen LogP contribution in [0.1, 0.15) is 56.8 Å². The van der Waals surface area contributed by atoms with Crippen LogP contribution in [-0.4, -0.2) is 43.1 Å². The second-order valence-electron chi connectivity index (χ2n) is 7.15. The third kappa shape index (κ3) is 6.55. The molecular weight excluding hydrogens is 360 g/mol. The number of carbonyl (C=O) groups excluding carboxylic acids is 3. The lowest BCUT2D eigenvalue weighted by Crippen LogP contribution is -2.46. The molecule has 0 aromatic heterocycles. The lowest BCUT2D eigenvalue weighted by atomic mass is 9.86. The average molecular weight is 390 g/mol. The molecule has 1 fully saturated rings. The Balaban J connectivity index is 1.74. The molecule has 2 amide bonds. The van der Waals surface area contributed by atoms with Gasteiger partial charge in [-0.25, -0.2) is 0 Å². The van der Waals surface area contributed by atoms with Crippen LogP contribution < -0.4 is 15.4 Å². The fourth-order valence-corrected chi connectivity index (χ4v) is 3.25.